The monoisotopic (exact) mass is 392 g/mol. The highest BCUT2D eigenvalue weighted by Gasteiger charge is 2.28. The highest BCUT2D eigenvalue weighted by atomic mass is 16.3. The van der Waals surface area contributed by atoms with Gasteiger partial charge in [-0.2, -0.15) is 0 Å². The molecule has 0 unspecified atom stereocenters. The lowest BCUT2D eigenvalue weighted by Gasteiger charge is -2.31. The van der Waals surface area contributed by atoms with Gasteiger partial charge in [0.05, 0.1) is 35.2 Å². The van der Waals surface area contributed by atoms with Crippen LogP contribution in [0.25, 0.3) is 11.0 Å². The molecule has 7 nitrogen and oxygen atoms in total. The van der Waals surface area contributed by atoms with E-state index in [2.05, 4.69) is 15.3 Å². The number of furan rings is 1. The molecule has 1 aromatic carbocycles. The number of amides is 2. The molecule has 1 aliphatic heterocycles. The van der Waals surface area contributed by atoms with Gasteiger partial charge in [0.1, 0.15) is 5.76 Å². The van der Waals surface area contributed by atoms with E-state index in [1.165, 1.54) is 0 Å². The number of aryl methyl sites for hydroxylation is 2. The van der Waals surface area contributed by atoms with Crippen LogP contribution < -0.4 is 5.32 Å². The zero-order chi connectivity index (χ0) is 20.4. The van der Waals surface area contributed by atoms with Crippen molar-refractivity contribution in [2.75, 3.05) is 13.1 Å². The molecule has 0 atom stereocenters. The Balaban J connectivity index is 1.36. The molecule has 150 valence electrons. The van der Waals surface area contributed by atoms with Crippen LogP contribution in [-0.4, -0.2) is 39.8 Å². The summed E-state index contributed by atoms with van der Waals surface area (Å²) >= 11 is 0. The third kappa shape index (κ3) is 4.13. The molecule has 2 aromatic heterocycles. The van der Waals surface area contributed by atoms with E-state index in [0.717, 1.165) is 28.2 Å². The Labute approximate surface area is 169 Å². The molecule has 1 aliphatic rings. The number of fused-ring (bicyclic) bond motifs is 1. The summed E-state index contributed by atoms with van der Waals surface area (Å²) in [6.07, 6.45) is 2.90. The fourth-order valence-corrected chi connectivity index (χ4v) is 3.62. The van der Waals surface area contributed by atoms with Crippen molar-refractivity contribution in [2.24, 2.45) is 5.92 Å². The average Bonchev–Trinajstić information content (AvgIpc) is 3.26. The Kier molecular flexibility index (Phi) is 5.29. The smallest absolute Gasteiger partial charge is 0.253 e. The summed E-state index contributed by atoms with van der Waals surface area (Å²) < 4.78 is 5.24. The first-order valence-electron chi connectivity index (χ1n) is 9.85. The molecule has 3 aromatic rings. The molecule has 0 saturated carbocycles. The highest BCUT2D eigenvalue weighted by molar-refractivity contribution is 5.97. The SMILES string of the molecule is Cc1nc2ccc(C(=O)N3CCC(C(=O)NCc4ccco4)CC3)cc2nc1C. The fourth-order valence-electron chi connectivity index (χ4n) is 3.62. The molecular weight excluding hydrogens is 368 g/mol. The van der Waals surface area contributed by atoms with Crippen LogP contribution in [0.15, 0.2) is 41.0 Å². The van der Waals surface area contributed by atoms with Crippen LogP contribution in [0.1, 0.15) is 40.3 Å². The first-order valence-corrected chi connectivity index (χ1v) is 9.85. The average molecular weight is 392 g/mol. The molecule has 1 N–H and O–H groups in total. The zero-order valence-corrected chi connectivity index (χ0v) is 16.6. The molecule has 1 saturated heterocycles. The Morgan fingerprint density at radius 1 is 1.10 bits per heavy atom. The van der Waals surface area contributed by atoms with Crippen molar-refractivity contribution in [1.29, 1.82) is 0 Å². The molecule has 4 rings (SSSR count). The second-order valence-electron chi connectivity index (χ2n) is 7.46. The van der Waals surface area contributed by atoms with Crippen molar-refractivity contribution in [3.63, 3.8) is 0 Å². The van der Waals surface area contributed by atoms with Crippen LogP contribution in [0.4, 0.5) is 0 Å². The number of likely N-dealkylation sites (tertiary alicyclic amines) is 1. The summed E-state index contributed by atoms with van der Waals surface area (Å²) in [6.45, 7) is 5.36. The van der Waals surface area contributed by atoms with E-state index >= 15 is 0 Å². The molecule has 3 heterocycles. The quantitative estimate of drug-likeness (QED) is 0.737. The van der Waals surface area contributed by atoms with Crippen LogP contribution in [0.5, 0.6) is 0 Å². The van der Waals surface area contributed by atoms with E-state index in [4.69, 9.17) is 4.42 Å². The predicted octanol–water partition coefficient (Wildman–Crippen LogP) is 3.01. The van der Waals surface area contributed by atoms with Crippen LogP contribution in [-0.2, 0) is 11.3 Å². The molecule has 29 heavy (non-hydrogen) atoms. The van der Waals surface area contributed by atoms with E-state index in [9.17, 15) is 9.59 Å². The third-order valence-corrected chi connectivity index (χ3v) is 5.49. The van der Waals surface area contributed by atoms with E-state index in [0.29, 0.717) is 38.0 Å². The van der Waals surface area contributed by atoms with Gasteiger partial charge in [-0.25, -0.2) is 9.97 Å². The van der Waals surface area contributed by atoms with Gasteiger partial charge in [-0.1, -0.05) is 0 Å². The number of nitrogens with one attached hydrogen (secondary N) is 1. The van der Waals surface area contributed by atoms with Gasteiger partial charge in [0.25, 0.3) is 5.91 Å². The number of piperidine rings is 1. The minimum Gasteiger partial charge on any atom is -0.467 e. The summed E-state index contributed by atoms with van der Waals surface area (Å²) in [6, 6.07) is 9.08. The van der Waals surface area contributed by atoms with E-state index in [1.807, 2.05) is 30.9 Å². The van der Waals surface area contributed by atoms with Crippen LogP contribution in [0.2, 0.25) is 0 Å². The Morgan fingerprint density at radius 3 is 2.52 bits per heavy atom. The fraction of sp³-hybridized carbons (Fsp3) is 0.364. The molecule has 0 radical (unpaired) electrons. The van der Waals surface area contributed by atoms with Gasteiger partial charge in [0.2, 0.25) is 5.91 Å². The summed E-state index contributed by atoms with van der Waals surface area (Å²) in [5, 5.41) is 2.91. The molecule has 0 spiro atoms. The molecule has 0 bridgehead atoms. The summed E-state index contributed by atoms with van der Waals surface area (Å²) in [7, 11) is 0. The highest BCUT2D eigenvalue weighted by Crippen LogP contribution is 2.21. The minimum atomic E-state index is -0.0814. The van der Waals surface area contributed by atoms with Gasteiger partial charge in [-0.15, -0.1) is 0 Å². The lowest BCUT2D eigenvalue weighted by molar-refractivity contribution is -0.126. The standard InChI is InChI=1S/C22H24N4O3/c1-14-15(2)25-20-12-17(5-6-19(20)24-14)22(28)26-9-7-16(8-10-26)21(27)23-13-18-4-3-11-29-18/h3-6,11-12,16H,7-10,13H2,1-2H3,(H,23,27). The third-order valence-electron chi connectivity index (χ3n) is 5.49. The maximum atomic E-state index is 12.9. The maximum absolute atomic E-state index is 12.9. The van der Waals surface area contributed by atoms with Crippen molar-refractivity contribution in [3.05, 3.63) is 59.3 Å². The van der Waals surface area contributed by atoms with Crippen molar-refractivity contribution in [2.45, 2.75) is 33.2 Å². The number of rotatable bonds is 4. The van der Waals surface area contributed by atoms with Crippen LogP contribution in [0, 0.1) is 19.8 Å². The lowest BCUT2D eigenvalue weighted by Crippen LogP contribution is -2.42. The largest absolute Gasteiger partial charge is 0.467 e. The number of benzene rings is 1. The number of hydrogen-bond donors (Lipinski definition) is 1. The molecule has 0 aliphatic carbocycles. The number of aromatic nitrogens is 2. The lowest BCUT2D eigenvalue weighted by atomic mass is 9.95. The topological polar surface area (TPSA) is 88.3 Å². The second kappa shape index (κ2) is 8.03. The minimum absolute atomic E-state index is 0.0142. The first-order chi connectivity index (χ1) is 14.0. The number of carbonyl (C=O) groups excluding carboxylic acids is 2. The molecule has 1 fully saturated rings. The van der Waals surface area contributed by atoms with E-state index in [1.54, 1.807) is 24.5 Å². The van der Waals surface area contributed by atoms with Gasteiger partial charge in [0, 0.05) is 24.6 Å². The number of hydrogen-bond acceptors (Lipinski definition) is 5. The van der Waals surface area contributed by atoms with Gasteiger partial charge >= 0.3 is 0 Å². The maximum Gasteiger partial charge on any atom is 0.253 e. The summed E-state index contributed by atoms with van der Waals surface area (Å²) in [5.41, 5.74) is 3.88. The van der Waals surface area contributed by atoms with Gasteiger partial charge in [-0.3, -0.25) is 9.59 Å². The summed E-state index contributed by atoms with van der Waals surface area (Å²) in [5.74, 6) is 0.639. The zero-order valence-electron chi connectivity index (χ0n) is 16.6. The Bertz CT molecular complexity index is 1040. The van der Waals surface area contributed by atoms with Crippen molar-refractivity contribution < 1.29 is 14.0 Å². The van der Waals surface area contributed by atoms with E-state index in [-0.39, 0.29) is 17.7 Å². The molecule has 7 heteroatoms. The molecule has 2 amide bonds. The van der Waals surface area contributed by atoms with Crippen LogP contribution >= 0.6 is 0 Å². The second-order valence-corrected chi connectivity index (χ2v) is 7.46. The summed E-state index contributed by atoms with van der Waals surface area (Å²) in [4.78, 5) is 36.2. The van der Waals surface area contributed by atoms with Crippen LogP contribution in [0.3, 0.4) is 0 Å². The normalized spacial score (nSPS) is 14.9. The van der Waals surface area contributed by atoms with E-state index < -0.39 is 0 Å². The molecular formula is C22H24N4O3. The number of nitrogens with zero attached hydrogens (tertiary/aromatic N) is 3. The van der Waals surface area contributed by atoms with Crippen molar-refractivity contribution in [1.82, 2.24) is 20.2 Å². The number of carbonyl (C=O) groups is 2. The Hall–Kier alpha value is -3.22. The van der Waals surface area contributed by atoms with Gasteiger partial charge < -0.3 is 14.6 Å². The van der Waals surface area contributed by atoms with Gasteiger partial charge in [0.15, 0.2) is 0 Å². The first kappa shape index (κ1) is 19.1. The predicted molar refractivity (Wildman–Crippen MR) is 108 cm³/mol. The van der Waals surface area contributed by atoms with Gasteiger partial charge in [-0.05, 0) is 57.0 Å². The van der Waals surface area contributed by atoms with Crippen molar-refractivity contribution in [3.8, 4) is 0 Å². The Morgan fingerprint density at radius 2 is 1.83 bits per heavy atom. The van der Waals surface area contributed by atoms with Crippen molar-refractivity contribution >= 4 is 22.8 Å².